The summed E-state index contributed by atoms with van der Waals surface area (Å²) in [5, 5.41) is 2.87. The Hall–Kier alpha value is -1.34. The van der Waals surface area contributed by atoms with Crippen LogP contribution in [0.3, 0.4) is 0 Å². The normalized spacial score (nSPS) is 22.5. The number of hydrogen-bond donors (Lipinski definition) is 2. The highest BCUT2D eigenvalue weighted by molar-refractivity contribution is 5.94. The molecule has 2 aliphatic rings. The van der Waals surface area contributed by atoms with E-state index in [1.807, 2.05) is 24.3 Å². The predicted octanol–water partition coefficient (Wildman–Crippen LogP) is 1.97. The Labute approximate surface area is 148 Å². The molecule has 2 unspecified atom stereocenters. The molecule has 134 valence electrons. The van der Waals surface area contributed by atoms with Crippen molar-refractivity contribution < 1.29 is 19.0 Å². The Balaban J connectivity index is 0.00000208. The Bertz CT molecular complexity index is 514. The van der Waals surface area contributed by atoms with Gasteiger partial charge in [0, 0.05) is 25.3 Å². The first-order chi connectivity index (χ1) is 11.2. The molecule has 3 N–H and O–H groups in total. The van der Waals surface area contributed by atoms with Crippen molar-refractivity contribution in [2.75, 3.05) is 31.7 Å². The third-order valence-corrected chi connectivity index (χ3v) is 4.39. The van der Waals surface area contributed by atoms with Crippen LogP contribution in [0.15, 0.2) is 24.3 Å². The highest BCUT2D eigenvalue weighted by Crippen LogP contribution is 2.21. The van der Waals surface area contributed by atoms with Gasteiger partial charge in [0.05, 0.1) is 19.3 Å². The van der Waals surface area contributed by atoms with E-state index in [0.29, 0.717) is 19.8 Å². The highest BCUT2D eigenvalue weighted by Gasteiger charge is 2.26. The van der Waals surface area contributed by atoms with Gasteiger partial charge in [0.1, 0.15) is 11.9 Å². The van der Waals surface area contributed by atoms with E-state index < -0.39 is 6.04 Å². The molecule has 2 fully saturated rings. The molecule has 0 radical (unpaired) electrons. The smallest absolute Gasteiger partial charge is 0.241 e. The number of anilines is 1. The average Bonchev–Trinajstić information content (AvgIpc) is 3.10. The summed E-state index contributed by atoms with van der Waals surface area (Å²) in [6.45, 7) is 2.76. The van der Waals surface area contributed by atoms with Gasteiger partial charge in [-0.3, -0.25) is 4.79 Å². The molecule has 0 saturated carbocycles. The molecule has 6 nitrogen and oxygen atoms in total. The Morgan fingerprint density at radius 1 is 1.12 bits per heavy atom. The maximum absolute atomic E-state index is 12.3. The first kappa shape index (κ1) is 19.0. The van der Waals surface area contributed by atoms with Gasteiger partial charge in [0.15, 0.2) is 0 Å². The summed E-state index contributed by atoms with van der Waals surface area (Å²) in [4.78, 5) is 12.3. The SMILES string of the molecule is Cl.NC(C(=O)Nc1ccc(OC2CCOC2)cc1)C1CCOCC1. The van der Waals surface area contributed by atoms with Gasteiger partial charge in [-0.15, -0.1) is 12.4 Å². The van der Waals surface area contributed by atoms with E-state index in [9.17, 15) is 4.79 Å². The lowest BCUT2D eigenvalue weighted by molar-refractivity contribution is -0.119. The van der Waals surface area contributed by atoms with Crippen molar-refractivity contribution in [2.24, 2.45) is 11.7 Å². The molecule has 1 amide bonds. The van der Waals surface area contributed by atoms with Crippen LogP contribution in [-0.4, -0.2) is 44.5 Å². The van der Waals surface area contributed by atoms with Gasteiger partial charge >= 0.3 is 0 Å². The molecule has 1 aromatic rings. The molecule has 0 aromatic heterocycles. The Kier molecular flexibility index (Phi) is 7.30. The molecule has 0 aliphatic carbocycles. The number of rotatable bonds is 5. The lowest BCUT2D eigenvalue weighted by Gasteiger charge is -2.26. The first-order valence-corrected chi connectivity index (χ1v) is 8.21. The molecule has 24 heavy (non-hydrogen) atoms. The van der Waals surface area contributed by atoms with Crippen molar-refractivity contribution in [1.82, 2.24) is 0 Å². The van der Waals surface area contributed by atoms with Crippen LogP contribution in [-0.2, 0) is 14.3 Å². The molecule has 7 heteroatoms. The second-order valence-corrected chi connectivity index (χ2v) is 6.09. The Morgan fingerprint density at radius 3 is 2.42 bits per heavy atom. The monoisotopic (exact) mass is 356 g/mol. The number of halogens is 1. The molecule has 2 saturated heterocycles. The van der Waals surface area contributed by atoms with Crippen LogP contribution >= 0.6 is 12.4 Å². The molecule has 2 aliphatic heterocycles. The van der Waals surface area contributed by atoms with Crippen molar-refractivity contribution in [3.05, 3.63) is 24.3 Å². The standard InChI is InChI=1S/C17H24N2O4.ClH/c18-16(12-5-8-21-9-6-12)17(20)19-13-1-3-14(4-2-13)23-15-7-10-22-11-15;/h1-4,12,15-16H,5-11,18H2,(H,19,20);1H. The van der Waals surface area contributed by atoms with Gasteiger partial charge < -0.3 is 25.3 Å². The quantitative estimate of drug-likeness (QED) is 0.842. The molecule has 1 aromatic carbocycles. The number of nitrogens with two attached hydrogens (primary N) is 1. The zero-order valence-electron chi connectivity index (χ0n) is 13.6. The fourth-order valence-corrected chi connectivity index (χ4v) is 2.93. The van der Waals surface area contributed by atoms with Crippen LogP contribution in [0.4, 0.5) is 5.69 Å². The molecule has 3 rings (SSSR count). The maximum atomic E-state index is 12.3. The van der Waals surface area contributed by atoms with Crippen LogP contribution in [0.25, 0.3) is 0 Å². The summed E-state index contributed by atoms with van der Waals surface area (Å²) in [7, 11) is 0. The number of carbonyl (C=O) groups excluding carboxylic acids is 1. The minimum absolute atomic E-state index is 0. The summed E-state index contributed by atoms with van der Waals surface area (Å²) in [6, 6.07) is 6.88. The van der Waals surface area contributed by atoms with Crippen molar-refractivity contribution in [1.29, 1.82) is 0 Å². The van der Waals surface area contributed by atoms with Crippen LogP contribution < -0.4 is 15.8 Å². The van der Waals surface area contributed by atoms with Crippen molar-refractivity contribution >= 4 is 24.0 Å². The van der Waals surface area contributed by atoms with Crippen LogP contribution in [0.5, 0.6) is 5.75 Å². The third kappa shape index (κ3) is 5.08. The minimum atomic E-state index is -0.495. The average molecular weight is 357 g/mol. The summed E-state index contributed by atoms with van der Waals surface area (Å²) >= 11 is 0. The summed E-state index contributed by atoms with van der Waals surface area (Å²) in [6.07, 6.45) is 2.71. The van der Waals surface area contributed by atoms with Gasteiger partial charge in [0.2, 0.25) is 5.91 Å². The van der Waals surface area contributed by atoms with E-state index >= 15 is 0 Å². The van der Waals surface area contributed by atoms with E-state index in [4.69, 9.17) is 19.9 Å². The van der Waals surface area contributed by atoms with Gasteiger partial charge in [-0.05, 0) is 43.0 Å². The molecular weight excluding hydrogens is 332 g/mol. The second kappa shape index (κ2) is 9.22. The number of carbonyl (C=O) groups is 1. The predicted molar refractivity (Wildman–Crippen MR) is 93.7 cm³/mol. The number of benzene rings is 1. The molecule has 2 atom stereocenters. The maximum Gasteiger partial charge on any atom is 0.241 e. The van der Waals surface area contributed by atoms with Crippen LogP contribution in [0, 0.1) is 5.92 Å². The Morgan fingerprint density at radius 2 is 1.79 bits per heavy atom. The number of hydrogen-bond acceptors (Lipinski definition) is 5. The topological polar surface area (TPSA) is 82.8 Å². The highest BCUT2D eigenvalue weighted by atomic mass is 35.5. The number of ether oxygens (including phenoxy) is 3. The van der Waals surface area contributed by atoms with E-state index in [1.165, 1.54) is 0 Å². The molecule has 0 bridgehead atoms. The summed E-state index contributed by atoms with van der Waals surface area (Å²) in [5.74, 6) is 0.829. The van der Waals surface area contributed by atoms with Gasteiger partial charge in [-0.2, -0.15) is 0 Å². The zero-order valence-corrected chi connectivity index (χ0v) is 14.4. The summed E-state index contributed by atoms with van der Waals surface area (Å²) < 4.78 is 16.4. The third-order valence-electron chi connectivity index (χ3n) is 4.39. The number of nitrogens with one attached hydrogen (secondary N) is 1. The van der Waals surface area contributed by atoms with Gasteiger partial charge in [0.25, 0.3) is 0 Å². The first-order valence-electron chi connectivity index (χ1n) is 8.21. The second-order valence-electron chi connectivity index (χ2n) is 6.09. The van der Waals surface area contributed by atoms with E-state index in [1.54, 1.807) is 0 Å². The van der Waals surface area contributed by atoms with Crippen molar-refractivity contribution in [2.45, 2.75) is 31.4 Å². The van der Waals surface area contributed by atoms with Crippen molar-refractivity contribution in [3.63, 3.8) is 0 Å². The minimum Gasteiger partial charge on any atom is -0.488 e. The zero-order chi connectivity index (χ0) is 16.1. The van der Waals surface area contributed by atoms with E-state index in [-0.39, 0.29) is 30.3 Å². The van der Waals surface area contributed by atoms with Gasteiger partial charge in [-0.1, -0.05) is 0 Å². The van der Waals surface area contributed by atoms with Gasteiger partial charge in [-0.25, -0.2) is 0 Å². The fraction of sp³-hybridized carbons (Fsp3) is 0.588. The molecule has 0 spiro atoms. The molecule has 2 heterocycles. The lowest BCUT2D eigenvalue weighted by atomic mass is 9.92. The largest absolute Gasteiger partial charge is 0.488 e. The lowest BCUT2D eigenvalue weighted by Crippen LogP contribution is -2.43. The number of amides is 1. The van der Waals surface area contributed by atoms with E-state index in [2.05, 4.69) is 5.32 Å². The van der Waals surface area contributed by atoms with Crippen molar-refractivity contribution in [3.8, 4) is 5.75 Å². The summed E-state index contributed by atoms with van der Waals surface area (Å²) in [5.41, 5.74) is 6.80. The van der Waals surface area contributed by atoms with Crippen LogP contribution in [0.2, 0.25) is 0 Å². The van der Waals surface area contributed by atoms with E-state index in [0.717, 1.165) is 37.3 Å². The fourth-order valence-electron chi connectivity index (χ4n) is 2.93. The van der Waals surface area contributed by atoms with Crippen LogP contribution in [0.1, 0.15) is 19.3 Å². The molecular formula is C17H25ClN2O4.